The quantitative estimate of drug-likeness (QED) is 0.872. The van der Waals surface area contributed by atoms with E-state index in [1.807, 2.05) is 31.2 Å². The highest BCUT2D eigenvalue weighted by atomic mass is 79.9. The van der Waals surface area contributed by atoms with E-state index in [0.717, 1.165) is 20.3 Å². The molecule has 0 spiro atoms. The molecule has 0 aliphatic heterocycles. The Morgan fingerprint density at radius 3 is 2.60 bits per heavy atom. The van der Waals surface area contributed by atoms with Crippen LogP contribution in [-0.4, -0.2) is 9.78 Å². The van der Waals surface area contributed by atoms with Crippen molar-refractivity contribution in [3.63, 3.8) is 0 Å². The molecule has 0 saturated carbocycles. The lowest BCUT2D eigenvalue weighted by atomic mass is 10.3. The monoisotopic (exact) mass is 329 g/mol. The Labute approximate surface area is 105 Å². The third kappa shape index (κ3) is 1.94. The van der Waals surface area contributed by atoms with Gasteiger partial charge in [-0.2, -0.15) is 5.10 Å². The van der Waals surface area contributed by atoms with Gasteiger partial charge < -0.3 is 5.73 Å². The number of hydrogen-bond donors (Lipinski definition) is 1. The molecule has 0 bridgehead atoms. The first-order valence-electron chi connectivity index (χ1n) is 4.36. The van der Waals surface area contributed by atoms with Crippen LogP contribution in [0, 0.1) is 6.92 Å². The van der Waals surface area contributed by atoms with Crippen LogP contribution in [-0.2, 0) is 0 Å². The number of aryl methyl sites for hydroxylation is 1. The van der Waals surface area contributed by atoms with E-state index < -0.39 is 0 Å². The van der Waals surface area contributed by atoms with Crippen molar-refractivity contribution in [3.05, 3.63) is 38.9 Å². The number of nitrogen functional groups attached to an aromatic ring is 1. The van der Waals surface area contributed by atoms with Gasteiger partial charge in [-0.05, 0) is 41.1 Å². The summed E-state index contributed by atoms with van der Waals surface area (Å²) in [7, 11) is 0. The highest BCUT2D eigenvalue weighted by molar-refractivity contribution is 9.11. The fraction of sp³-hybridized carbons (Fsp3) is 0.100. The number of hydrogen-bond acceptors (Lipinski definition) is 2. The Balaban J connectivity index is 2.59. The molecule has 78 valence electrons. The van der Waals surface area contributed by atoms with E-state index in [4.69, 9.17) is 5.73 Å². The summed E-state index contributed by atoms with van der Waals surface area (Å²) in [5.74, 6) is 0.616. The summed E-state index contributed by atoms with van der Waals surface area (Å²) < 4.78 is 3.57. The zero-order chi connectivity index (χ0) is 11.0. The van der Waals surface area contributed by atoms with E-state index in [9.17, 15) is 0 Å². The molecule has 15 heavy (non-hydrogen) atoms. The Bertz CT molecular complexity index is 505. The van der Waals surface area contributed by atoms with Crippen LogP contribution in [0.15, 0.2) is 33.2 Å². The Kier molecular flexibility index (Phi) is 2.84. The molecule has 2 aromatic rings. The van der Waals surface area contributed by atoms with Crippen molar-refractivity contribution in [1.82, 2.24) is 9.78 Å². The maximum atomic E-state index is 5.92. The maximum Gasteiger partial charge on any atom is 0.141 e. The van der Waals surface area contributed by atoms with Crippen molar-refractivity contribution in [2.75, 3.05) is 5.73 Å². The molecule has 0 aliphatic rings. The molecule has 0 saturated heterocycles. The molecule has 1 aromatic heterocycles. The molecular weight excluding hydrogens is 322 g/mol. The van der Waals surface area contributed by atoms with Gasteiger partial charge in [0.15, 0.2) is 0 Å². The molecule has 1 aromatic carbocycles. The lowest BCUT2D eigenvalue weighted by Crippen LogP contribution is -2.01. The fourth-order valence-electron chi connectivity index (χ4n) is 1.33. The van der Waals surface area contributed by atoms with Crippen LogP contribution in [0.3, 0.4) is 0 Å². The summed E-state index contributed by atoms with van der Waals surface area (Å²) in [4.78, 5) is 0. The molecule has 0 unspecified atom stereocenters. The number of benzene rings is 1. The van der Waals surface area contributed by atoms with Gasteiger partial charge in [0.25, 0.3) is 0 Å². The largest absolute Gasteiger partial charge is 0.383 e. The van der Waals surface area contributed by atoms with Crippen LogP contribution in [0.25, 0.3) is 5.69 Å². The maximum absolute atomic E-state index is 5.92. The lowest BCUT2D eigenvalue weighted by molar-refractivity contribution is 0.871. The minimum atomic E-state index is 0.616. The number of rotatable bonds is 1. The highest BCUT2D eigenvalue weighted by Gasteiger charge is 2.10. The number of nitrogens with zero attached hydrogens (tertiary/aromatic N) is 2. The molecule has 2 rings (SSSR count). The summed E-state index contributed by atoms with van der Waals surface area (Å²) in [6.07, 6.45) is 0. The van der Waals surface area contributed by atoms with Gasteiger partial charge in [-0.1, -0.05) is 22.0 Å². The molecule has 1 heterocycles. The highest BCUT2D eigenvalue weighted by Crippen LogP contribution is 2.26. The minimum absolute atomic E-state index is 0.616. The number of aromatic nitrogens is 2. The third-order valence-corrected chi connectivity index (χ3v) is 3.55. The Morgan fingerprint density at radius 1 is 1.33 bits per heavy atom. The van der Waals surface area contributed by atoms with Gasteiger partial charge in [-0.25, -0.2) is 4.68 Å². The number of nitrogens with two attached hydrogens (primary N) is 1. The zero-order valence-corrected chi connectivity index (χ0v) is 11.2. The van der Waals surface area contributed by atoms with E-state index >= 15 is 0 Å². The second kappa shape index (κ2) is 3.98. The van der Waals surface area contributed by atoms with Crippen molar-refractivity contribution in [2.24, 2.45) is 0 Å². The smallest absolute Gasteiger partial charge is 0.141 e. The predicted molar refractivity (Wildman–Crippen MR) is 68.1 cm³/mol. The average Bonchev–Trinajstić information content (AvgIpc) is 2.46. The summed E-state index contributed by atoms with van der Waals surface area (Å²) >= 11 is 6.81. The molecule has 3 nitrogen and oxygen atoms in total. The SMILES string of the molecule is Cc1nn(-c2cccc(Br)c2)c(N)c1Br. The third-order valence-electron chi connectivity index (χ3n) is 2.07. The van der Waals surface area contributed by atoms with Crippen LogP contribution in [0.4, 0.5) is 5.82 Å². The van der Waals surface area contributed by atoms with Gasteiger partial charge >= 0.3 is 0 Å². The van der Waals surface area contributed by atoms with Gasteiger partial charge in [0.2, 0.25) is 0 Å². The first kappa shape index (κ1) is 10.7. The summed E-state index contributed by atoms with van der Waals surface area (Å²) in [5, 5.41) is 4.35. The van der Waals surface area contributed by atoms with Gasteiger partial charge in [0, 0.05) is 4.47 Å². The average molecular weight is 331 g/mol. The summed E-state index contributed by atoms with van der Waals surface area (Å²) in [6, 6.07) is 7.84. The predicted octanol–water partition coefficient (Wildman–Crippen LogP) is 3.29. The van der Waals surface area contributed by atoms with Gasteiger partial charge in [-0.3, -0.25) is 0 Å². The molecule has 0 radical (unpaired) electrons. The lowest BCUT2D eigenvalue weighted by Gasteiger charge is -2.03. The minimum Gasteiger partial charge on any atom is -0.383 e. The Hall–Kier alpha value is -0.810. The normalized spacial score (nSPS) is 10.6. The zero-order valence-electron chi connectivity index (χ0n) is 8.04. The van der Waals surface area contributed by atoms with E-state index in [-0.39, 0.29) is 0 Å². The van der Waals surface area contributed by atoms with Crippen molar-refractivity contribution in [2.45, 2.75) is 6.92 Å². The number of anilines is 1. The van der Waals surface area contributed by atoms with Crippen molar-refractivity contribution in [1.29, 1.82) is 0 Å². The fourth-order valence-corrected chi connectivity index (χ4v) is 1.97. The standard InChI is InChI=1S/C10H9Br2N3/c1-6-9(12)10(13)15(14-6)8-4-2-3-7(11)5-8/h2-5H,13H2,1H3. The van der Waals surface area contributed by atoms with Crippen molar-refractivity contribution in [3.8, 4) is 5.69 Å². The second-order valence-electron chi connectivity index (χ2n) is 3.18. The first-order valence-corrected chi connectivity index (χ1v) is 5.94. The first-order chi connectivity index (χ1) is 7.09. The van der Waals surface area contributed by atoms with Crippen molar-refractivity contribution < 1.29 is 0 Å². The molecule has 0 amide bonds. The molecule has 0 atom stereocenters. The van der Waals surface area contributed by atoms with E-state index in [1.54, 1.807) is 4.68 Å². The van der Waals surface area contributed by atoms with Gasteiger partial charge in [0.1, 0.15) is 5.82 Å². The van der Waals surface area contributed by atoms with Crippen LogP contribution < -0.4 is 5.73 Å². The second-order valence-corrected chi connectivity index (χ2v) is 4.88. The van der Waals surface area contributed by atoms with E-state index in [1.165, 1.54) is 0 Å². The van der Waals surface area contributed by atoms with Crippen LogP contribution in [0.5, 0.6) is 0 Å². The van der Waals surface area contributed by atoms with Gasteiger partial charge in [-0.15, -0.1) is 0 Å². The van der Waals surface area contributed by atoms with Crippen LogP contribution in [0.1, 0.15) is 5.69 Å². The topological polar surface area (TPSA) is 43.8 Å². The van der Waals surface area contributed by atoms with Crippen molar-refractivity contribution >= 4 is 37.7 Å². The van der Waals surface area contributed by atoms with E-state index in [2.05, 4.69) is 37.0 Å². The van der Waals surface area contributed by atoms with Crippen LogP contribution >= 0.6 is 31.9 Å². The molecule has 5 heteroatoms. The molecule has 0 fully saturated rings. The molecular formula is C10H9Br2N3. The van der Waals surface area contributed by atoms with Gasteiger partial charge in [0.05, 0.1) is 15.9 Å². The van der Waals surface area contributed by atoms with Crippen LogP contribution in [0.2, 0.25) is 0 Å². The van der Waals surface area contributed by atoms with E-state index in [0.29, 0.717) is 5.82 Å². The number of halogens is 2. The molecule has 0 aliphatic carbocycles. The molecule has 2 N–H and O–H groups in total. The Morgan fingerprint density at radius 2 is 2.07 bits per heavy atom. The summed E-state index contributed by atoms with van der Waals surface area (Å²) in [6.45, 7) is 1.91. The summed E-state index contributed by atoms with van der Waals surface area (Å²) in [5.41, 5.74) is 7.75.